The van der Waals surface area contributed by atoms with Crippen molar-refractivity contribution in [1.82, 2.24) is 14.3 Å². The van der Waals surface area contributed by atoms with Gasteiger partial charge in [0.05, 0.1) is 0 Å². The molecular formula is C16H23N5O4S3. The van der Waals surface area contributed by atoms with Crippen molar-refractivity contribution in [1.29, 1.82) is 0 Å². The average molecular weight is 446 g/mol. The van der Waals surface area contributed by atoms with Gasteiger partial charge < -0.3 is 14.5 Å². The Labute approximate surface area is 172 Å². The number of sulfonamides is 1. The fourth-order valence-corrected chi connectivity index (χ4v) is 5.48. The van der Waals surface area contributed by atoms with Crippen LogP contribution in [0.15, 0.2) is 16.3 Å². The molecule has 2 aromatic heterocycles. The van der Waals surface area contributed by atoms with E-state index < -0.39 is 15.6 Å². The zero-order chi connectivity index (χ0) is 20.5. The molecule has 12 heteroatoms. The van der Waals surface area contributed by atoms with Crippen LogP contribution >= 0.6 is 22.9 Å². The predicted octanol–water partition coefficient (Wildman–Crippen LogP) is 2.77. The number of carbonyl (C=O) groups is 1. The van der Waals surface area contributed by atoms with Gasteiger partial charge >= 0.3 is 6.09 Å². The van der Waals surface area contributed by atoms with Crippen molar-refractivity contribution in [2.24, 2.45) is 0 Å². The number of hydrogen-bond donors (Lipinski definition) is 1. The fraction of sp³-hybridized carbons (Fsp3) is 0.562. The highest BCUT2D eigenvalue weighted by Gasteiger charge is 2.27. The molecule has 9 nitrogen and oxygen atoms in total. The number of piperazine rings is 1. The van der Waals surface area contributed by atoms with Crippen LogP contribution < -0.4 is 9.62 Å². The van der Waals surface area contributed by atoms with Crippen LogP contribution in [0.1, 0.15) is 25.6 Å². The number of nitrogens with one attached hydrogen (secondary N) is 1. The van der Waals surface area contributed by atoms with E-state index in [9.17, 15) is 13.2 Å². The Bertz CT molecular complexity index is 940. The van der Waals surface area contributed by atoms with Crippen LogP contribution in [0.3, 0.4) is 0 Å². The van der Waals surface area contributed by atoms with E-state index in [1.54, 1.807) is 17.0 Å². The molecular weight excluding hydrogens is 422 g/mol. The molecule has 0 aliphatic carbocycles. The molecule has 0 spiro atoms. The normalized spacial score (nSPS) is 15.6. The summed E-state index contributed by atoms with van der Waals surface area (Å²) in [5.74, 6) is 0.0561. The quantitative estimate of drug-likeness (QED) is 0.771. The lowest BCUT2D eigenvalue weighted by atomic mass is 10.2. The summed E-state index contributed by atoms with van der Waals surface area (Å²) in [5, 5.41) is 0.615. The van der Waals surface area contributed by atoms with Gasteiger partial charge in [0.2, 0.25) is 5.13 Å². The van der Waals surface area contributed by atoms with E-state index in [0.29, 0.717) is 31.3 Å². The van der Waals surface area contributed by atoms with Crippen LogP contribution in [0.2, 0.25) is 0 Å². The SMILES string of the molecule is Cc1ccc(S(=O)(=O)Nc2nsc(N3CCN(C(=O)OC(C)(C)C)CC3)n2)s1. The van der Waals surface area contributed by atoms with E-state index in [2.05, 4.69) is 14.1 Å². The summed E-state index contributed by atoms with van der Waals surface area (Å²) in [6.07, 6.45) is -0.330. The van der Waals surface area contributed by atoms with E-state index in [-0.39, 0.29) is 16.3 Å². The summed E-state index contributed by atoms with van der Waals surface area (Å²) in [5.41, 5.74) is -0.527. The first-order chi connectivity index (χ1) is 13.0. The van der Waals surface area contributed by atoms with Gasteiger partial charge in [0.1, 0.15) is 9.81 Å². The molecule has 1 amide bonds. The standard InChI is InChI=1S/C16H23N5O4S3/c1-11-5-6-12(26-11)28(23,24)19-13-17-14(27-18-13)20-7-9-21(10-8-20)15(22)25-16(2,3)4/h5-6H,7-10H2,1-4H3,(H,18,19). The van der Waals surface area contributed by atoms with E-state index in [0.717, 1.165) is 16.4 Å². The first-order valence-electron chi connectivity index (χ1n) is 8.69. The van der Waals surface area contributed by atoms with Gasteiger partial charge in [-0.2, -0.15) is 9.36 Å². The molecule has 0 bridgehead atoms. The Morgan fingerprint density at radius 3 is 2.46 bits per heavy atom. The van der Waals surface area contributed by atoms with Crippen molar-refractivity contribution in [3.63, 3.8) is 0 Å². The number of amides is 1. The topological polar surface area (TPSA) is 105 Å². The second-order valence-electron chi connectivity index (χ2n) is 7.33. The van der Waals surface area contributed by atoms with Crippen molar-refractivity contribution in [2.75, 3.05) is 35.8 Å². The summed E-state index contributed by atoms with van der Waals surface area (Å²) < 4.78 is 36.9. The van der Waals surface area contributed by atoms with E-state index in [1.165, 1.54) is 11.3 Å². The molecule has 0 aromatic carbocycles. The lowest BCUT2D eigenvalue weighted by molar-refractivity contribution is 0.0240. The average Bonchev–Trinajstić information content (AvgIpc) is 3.22. The maximum Gasteiger partial charge on any atom is 0.410 e. The number of hydrogen-bond acceptors (Lipinski definition) is 9. The molecule has 3 heterocycles. The van der Waals surface area contributed by atoms with Crippen molar-refractivity contribution in [3.8, 4) is 0 Å². The molecule has 0 radical (unpaired) electrons. The van der Waals surface area contributed by atoms with Gasteiger partial charge in [-0.05, 0) is 39.8 Å². The molecule has 0 unspecified atom stereocenters. The van der Waals surface area contributed by atoms with E-state index in [4.69, 9.17) is 4.74 Å². The molecule has 1 saturated heterocycles. The van der Waals surface area contributed by atoms with Crippen LogP contribution in [0.25, 0.3) is 0 Å². The lowest BCUT2D eigenvalue weighted by Crippen LogP contribution is -2.50. The Balaban J connectivity index is 1.59. The Morgan fingerprint density at radius 1 is 1.21 bits per heavy atom. The Kier molecular flexibility index (Phi) is 5.82. The van der Waals surface area contributed by atoms with Crippen molar-refractivity contribution >= 4 is 50.1 Å². The van der Waals surface area contributed by atoms with Crippen LogP contribution in [-0.2, 0) is 14.8 Å². The highest BCUT2D eigenvalue weighted by molar-refractivity contribution is 7.94. The van der Waals surface area contributed by atoms with Gasteiger partial charge in [-0.1, -0.05) is 0 Å². The molecule has 154 valence electrons. The summed E-state index contributed by atoms with van der Waals surface area (Å²) in [6, 6.07) is 3.31. The maximum atomic E-state index is 12.4. The summed E-state index contributed by atoms with van der Waals surface area (Å²) in [4.78, 5) is 21.0. The van der Waals surface area contributed by atoms with Gasteiger partial charge in [0, 0.05) is 42.6 Å². The Hall–Kier alpha value is -1.92. The molecule has 2 aromatic rings. The molecule has 1 aliphatic rings. The number of anilines is 2. The second kappa shape index (κ2) is 7.84. The second-order valence-corrected chi connectivity index (χ2v) is 11.3. The smallest absolute Gasteiger partial charge is 0.410 e. The molecule has 1 N–H and O–H groups in total. The summed E-state index contributed by atoms with van der Waals surface area (Å²) >= 11 is 2.32. The first-order valence-corrected chi connectivity index (χ1v) is 11.8. The fourth-order valence-electron chi connectivity index (χ4n) is 2.52. The largest absolute Gasteiger partial charge is 0.444 e. The molecule has 0 saturated carbocycles. The van der Waals surface area contributed by atoms with Crippen LogP contribution in [-0.4, -0.2) is 60.5 Å². The van der Waals surface area contributed by atoms with Gasteiger partial charge in [0.25, 0.3) is 16.0 Å². The molecule has 1 fully saturated rings. The minimum absolute atomic E-state index is 0.0561. The molecule has 1 aliphatic heterocycles. The maximum absolute atomic E-state index is 12.4. The van der Waals surface area contributed by atoms with Gasteiger partial charge in [-0.15, -0.1) is 11.3 Å². The lowest BCUT2D eigenvalue weighted by Gasteiger charge is -2.35. The predicted molar refractivity (Wildman–Crippen MR) is 110 cm³/mol. The molecule has 28 heavy (non-hydrogen) atoms. The van der Waals surface area contributed by atoms with E-state index >= 15 is 0 Å². The number of nitrogens with zero attached hydrogens (tertiary/aromatic N) is 4. The van der Waals surface area contributed by atoms with Gasteiger partial charge in [0.15, 0.2) is 0 Å². The van der Waals surface area contributed by atoms with Gasteiger partial charge in [-0.3, -0.25) is 0 Å². The highest BCUT2D eigenvalue weighted by atomic mass is 32.2. The van der Waals surface area contributed by atoms with Crippen LogP contribution in [0, 0.1) is 6.92 Å². The molecule has 3 rings (SSSR count). The third-order valence-corrected chi connectivity index (χ3v) is 7.42. The minimum Gasteiger partial charge on any atom is -0.444 e. The summed E-state index contributed by atoms with van der Waals surface area (Å²) in [7, 11) is -3.69. The van der Waals surface area contributed by atoms with Crippen molar-refractivity contribution in [2.45, 2.75) is 37.5 Å². The summed E-state index contributed by atoms with van der Waals surface area (Å²) in [6.45, 7) is 9.51. The number of rotatable bonds is 4. The number of thiophene rings is 1. The number of carbonyl (C=O) groups excluding carboxylic acids is 1. The first kappa shape index (κ1) is 20.8. The van der Waals surface area contributed by atoms with Crippen molar-refractivity contribution in [3.05, 3.63) is 17.0 Å². The zero-order valence-corrected chi connectivity index (χ0v) is 18.6. The zero-order valence-electron chi connectivity index (χ0n) is 16.1. The number of aromatic nitrogens is 2. The number of aryl methyl sites for hydroxylation is 1. The van der Waals surface area contributed by atoms with Crippen LogP contribution in [0.5, 0.6) is 0 Å². The third kappa shape index (κ3) is 5.11. The minimum atomic E-state index is -3.69. The van der Waals surface area contributed by atoms with Crippen molar-refractivity contribution < 1.29 is 17.9 Å². The highest BCUT2D eigenvalue weighted by Crippen LogP contribution is 2.26. The Morgan fingerprint density at radius 2 is 1.89 bits per heavy atom. The third-order valence-electron chi connectivity index (χ3n) is 3.82. The van der Waals surface area contributed by atoms with Crippen LogP contribution in [0.4, 0.5) is 15.9 Å². The monoisotopic (exact) mass is 445 g/mol. The number of ether oxygens (including phenoxy) is 1. The van der Waals surface area contributed by atoms with Gasteiger partial charge in [-0.25, -0.2) is 17.9 Å². The molecule has 0 atom stereocenters. The van der Waals surface area contributed by atoms with E-state index in [1.807, 2.05) is 32.6 Å².